The van der Waals surface area contributed by atoms with Gasteiger partial charge >= 0.3 is 0 Å². The van der Waals surface area contributed by atoms with Gasteiger partial charge in [0.2, 0.25) is 0 Å². The molecule has 0 radical (unpaired) electrons. The number of nitrogens with one attached hydrogen (secondary N) is 1. The number of methoxy groups -OCH3 is 1. The van der Waals surface area contributed by atoms with E-state index in [4.69, 9.17) is 19.2 Å². The smallest absolute Gasteiger partial charge is 0.157 e. The van der Waals surface area contributed by atoms with Crippen LogP contribution < -0.4 is 14.8 Å². The van der Waals surface area contributed by atoms with Crippen LogP contribution in [-0.4, -0.2) is 47.7 Å². The van der Waals surface area contributed by atoms with Gasteiger partial charge in [-0.1, -0.05) is 0 Å². The maximum absolute atomic E-state index is 5.83. The fourth-order valence-electron chi connectivity index (χ4n) is 2.71. The lowest BCUT2D eigenvalue weighted by Crippen LogP contribution is -2.10. The Bertz CT molecular complexity index is 892. The second-order valence-electron chi connectivity index (χ2n) is 6.38. The van der Waals surface area contributed by atoms with Crippen molar-refractivity contribution in [1.82, 2.24) is 14.8 Å². The SMILES string of the molecule is CCOc1cc(-n2ccc(NC(C)C)n2)nc2cc(OCCOC)ccc12. The fraction of sp³-hybridized carbons (Fsp3) is 0.400. The van der Waals surface area contributed by atoms with Crippen molar-refractivity contribution in [2.75, 3.05) is 32.2 Å². The van der Waals surface area contributed by atoms with Gasteiger partial charge in [0.05, 0.1) is 18.7 Å². The third kappa shape index (κ3) is 4.68. The number of anilines is 1. The highest BCUT2D eigenvalue weighted by atomic mass is 16.5. The van der Waals surface area contributed by atoms with Crippen molar-refractivity contribution in [3.63, 3.8) is 0 Å². The first-order valence-corrected chi connectivity index (χ1v) is 9.12. The van der Waals surface area contributed by atoms with Gasteiger partial charge in [-0.25, -0.2) is 9.67 Å². The zero-order valence-corrected chi connectivity index (χ0v) is 16.2. The molecule has 7 nitrogen and oxygen atoms in total. The third-order valence-corrected chi connectivity index (χ3v) is 3.85. The number of benzene rings is 1. The number of aromatic nitrogens is 3. The van der Waals surface area contributed by atoms with Crippen LogP contribution in [0.3, 0.4) is 0 Å². The molecule has 0 atom stereocenters. The van der Waals surface area contributed by atoms with Crippen LogP contribution in [0, 0.1) is 0 Å². The Hall–Kier alpha value is -2.80. The van der Waals surface area contributed by atoms with Crippen molar-refractivity contribution in [2.24, 2.45) is 0 Å². The molecule has 0 aliphatic carbocycles. The van der Waals surface area contributed by atoms with Gasteiger partial charge in [-0.05, 0) is 32.9 Å². The highest BCUT2D eigenvalue weighted by Crippen LogP contribution is 2.30. The predicted octanol–water partition coefficient (Wildman–Crippen LogP) is 3.66. The maximum atomic E-state index is 5.83. The molecule has 144 valence electrons. The van der Waals surface area contributed by atoms with Crippen LogP contribution in [0.25, 0.3) is 16.7 Å². The minimum absolute atomic E-state index is 0.309. The minimum Gasteiger partial charge on any atom is -0.493 e. The number of fused-ring (bicyclic) bond motifs is 1. The van der Waals surface area contributed by atoms with Crippen LogP contribution in [0.5, 0.6) is 11.5 Å². The predicted molar refractivity (Wildman–Crippen MR) is 106 cm³/mol. The lowest BCUT2D eigenvalue weighted by molar-refractivity contribution is 0.146. The van der Waals surface area contributed by atoms with E-state index in [2.05, 4.69) is 24.3 Å². The van der Waals surface area contributed by atoms with E-state index in [9.17, 15) is 0 Å². The zero-order valence-electron chi connectivity index (χ0n) is 16.2. The van der Waals surface area contributed by atoms with Crippen LogP contribution in [0.15, 0.2) is 36.5 Å². The van der Waals surface area contributed by atoms with E-state index in [0.29, 0.717) is 31.7 Å². The molecule has 0 unspecified atom stereocenters. The summed E-state index contributed by atoms with van der Waals surface area (Å²) in [5, 5.41) is 8.78. The van der Waals surface area contributed by atoms with E-state index in [1.54, 1.807) is 11.8 Å². The Morgan fingerprint density at radius 1 is 1.11 bits per heavy atom. The summed E-state index contributed by atoms with van der Waals surface area (Å²) < 4.78 is 18.3. The molecular formula is C20H26N4O3. The van der Waals surface area contributed by atoms with Gasteiger partial charge in [0.15, 0.2) is 5.82 Å². The summed E-state index contributed by atoms with van der Waals surface area (Å²) in [4.78, 5) is 4.75. The third-order valence-electron chi connectivity index (χ3n) is 3.85. The standard InChI is InChI=1S/C20H26N4O3/c1-5-26-18-13-20(24-9-8-19(23-24)21-14(2)3)22-17-12-15(6-7-16(17)18)27-11-10-25-4/h6-9,12-14H,5,10-11H2,1-4H3,(H,21,23). The van der Waals surface area contributed by atoms with Crippen molar-refractivity contribution in [2.45, 2.75) is 26.8 Å². The van der Waals surface area contributed by atoms with E-state index >= 15 is 0 Å². The number of nitrogens with zero attached hydrogens (tertiary/aromatic N) is 3. The average molecular weight is 370 g/mol. The number of rotatable bonds is 9. The Labute approximate surface area is 159 Å². The quantitative estimate of drug-likeness (QED) is 0.580. The summed E-state index contributed by atoms with van der Waals surface area (Å²) in [5.41, 5.74) is 0.791. The first-order chi connectivity index (χ1) is 13.1. The molecule has 0 bridgehead atoms. The molecule has 0 amide bonds. The Morgan fingerprint density at radius 3 is 2.70 bits per heavy atom. The summed E-state index contributed by atoms with van der Waals surface area (Å²) in [6, 6.07) is 9.94. The van der Waals surface area contributed by atoms with E-state index in [-0.39, 0.29) is 0 Å². The molecule has 0 fully saturated rings. The van der Waals surface area contributed by atoms with Gasteiger partial charge in [-0.2, -0.15) is 0 Å². The number of ether oxygens (including phenoxy) is 3. The van der Waals surface area contributed by atoms with Crippen LogP contribution in [0.2, 0.25) is 0 Å². The summed E-state index contributed by atoms with van der Waals surface area (Å²) in [5.74, 6) is 3.02. The highest BCUT2D eigenvalue weighted by molar-refractivity contribution is 5.87. The second kappa shape index (κ2) is 8.73. The van der Waals surface area contributed by atoms with Gasteiger partial charge in [-0.3, -0.25) is 0 Å². The van der Waals surface area contributed by atoms with Gasteiger partial charge in [-0.15, -0.1) is 5.10 Å². The summed E-state index contributed by atoms with van der Waals surface area (Å²) in [6.45, 7) is 7.71. The molecule has 2 aromatic heterocycles. The van der Waals surface area contributed by atoms with E-state index in [1.807, 2.05) is 43.5 Å². The number of pyridine rings is 1. The molecule has 0 aliphatic rings. The van der Waals surface area contributed by atoms with Crippen molar-refractivity contribution >= 4 is 16.7 Å². The van der Waals surface area contributed by atoms with E-state index < -0.39 is 0 Å². The molecule has 0 saturated heterocycles. The largest absolute Gasteiger partial charge is 0.493 e. The first kappa shape index (κ1) is 19.0. The van der Waals surface area contributed by atoms with Crippen LogP contribution in [0.4, 0.5) is 5.82 Å². The van der Waals surface area contributed by atoms with Gasteiger partial charge in [0, 0.05) is 42.9 Å². The lowest BCUT2D eigenvalue weighted by Gasteiger charge is -2.12. The molecule has 0 spiro atoms. The first-order valence-electron chi connectivity index (χ1n) is 9.12. The minimum atomic E-state index is 0.309. The Kier molecular flexibility index (Phi) is 6.13. The molecule has 1 N–H and O–H groups in total. The Balaban J connectivity index is 1.97. The molecule has 1 aromatic carbocycles. The summed E-state index contributed by atoms with van der Waals surface area (Å²) in [6.07, 6.45) is 1.88. The summed E-state index contributed by atoms with van der Waals surface area (Å²) >= 11 is 0. The normalized spacial score (nSPS) is 11.1. The molecule has 3 rings (SSSR count). The molecule has 3 aromatic rings. The second-order valence-corrected chi connectivity index (χ2v) is 6.38. The molecule has 27 heavy (non-hydrogen) atoms. The molecule has 2 heterocycles. The average Bonchev–Trinajstić information content (AvgIpc) is 3.09. The van der Waals surface area contributed by atoms with Crippen LogP contribution in [0.1, 0.15) is 20.8 Å². The molecule has 0 aliphatic heterocycles. The monoisotopic (exact) mass is 370 g/mol. The Morgan fingerprint density at radius 2 is 1.96 bits per heavy atom. The lowest BCUT2D eigenvalue weighted by atomic mass is 10.2. The van der Waals surface area contributed by atoms with E-state index in [0.717, 1.165) is 28.2 Å². The van der Waals surface area contributed by atoms with Crippen LogP contribution >= 0.6 is 0 Å². The van der Waals surface area contributed by atoms with Crippen molar-refractivity contribution in [1.29, 1.82) is 0 Å². The highest BCUT2D eigenvalue weighted by Gasteiger charge is 2.11. The topological polar surface area (TPSA) is 70.4 Å². The molecular weight excluding hydrogens is 344 g/mol. The van der Waals surface area contributed by atoms with Crippen LogP contribution in [-0.2, 0) is 4.74 Å². The number of hydrogen-bond acceptors (Lipinski definition) is 6. The van der Waals surface area contributed by atoms with Crippen molar-refractivity contribution in [3.8, 4) is 17.3 Å². The maximum Gasteiger partial charge on any atom is 0.157 e. The summed E-state index contributed by atoms with van der Waals surface area (Å²) in [7, 11) is 1.65. The van der Waals surface area contributed by atoms with Crippen molar-refractivity contribution < 1.29 is 14.2 Å². The fourth-order valence-corrected chi connectivity index (χ4v) is 2.71. The van der Waals surface area contributed by atoms with Gasteiger partial charge < -0.3 is 19.5 Å². The molecule has 7 heteroatoms. The van der Waals surface area contributed by atoms with Gasteiger partial charge in [0.25, 0.3) is 0 Å². The number of hydrogen-bond donors (Lipinski definition) is 1. The van der Waals surface area contributed by atoms with Crippen molar-refractivity contribution in [3.05, 3.63) is 36.5 Å². The van der Waals surface area contributed by atoms with E-state index in [1.165, 1.54) is 0 Å². The zero-order chi connectivity index (χ0) is 19.2. The molecule has 0 saturated carbocycles. The van der Waals surface area contributed by atoms with Gasteiger partial charge in [0.1, 0.15) is 23.9 Å².